The number of hydrogen-bond donors (Lipinski definition) is 2. The first-order valence-corrected chi connectivity index (χ1v) is 15.4. The molecule has 12 heteroatoms. The maximum atomic E-state index is 13.5. The van der Waals surface area contributed by atoms with Gasteiger partial charge in [-0.25, -0.2) is 0 Å². The van der Waals surface area contributed by atoms with Crippen LogP contribution in [0.25, 0.3) is 0 Å². The molecule has 2 aromatic rings. The highest BCUT2D eigenvalue weighted by molar-refractivity contribution is 6.07. The van der Waals surface area contributed by atoms with Gasteiger partial charge in [0.05, 0.1) is 32.4 Å². The van der Waals surface area contributed by atoms with Crippen LogP contribution in [0.3, 0.4) is 0 Å². The minimum Gasteiger partial charge on any atom is -0.493 e. The lowest BCUT2D eigenvalue weighted by Crippen LogP contribution is -2.60. The van der Waals surface area contributed by atoms with Gasteiger partial charge in [0, 0.05) is 39.8 Å². The molecule has 2 aromatic carbocycles. The van der Waals surface area contributed by atoms with E-state index in [1.807, 2.05) is 42.5 Å². The Labute approximate surface area is 263 Å². The summed E-state index contributed by atoms with van der Waals surface area (Å²) in [5, 5.41) is 3.04. The van der Waals surface area contributed by atoms with Crippen LogP contribution in [-0.4, -0.2) is 92.6 Å². The van der Waals surface area contributed by atoms with Crippen molar-refractivity contribution < 1.29 is 38.1 Å². The lowest BCUT2D eigenvalue weighted by molar-refractivity contribution is -0.147. The standard InChI is InChI=1S/C33H42N4O8/c1-42-16-4-14-36-20-29(38)35-25-19-37(32(41)33(12-13-33)31(34)40)15-11-26(25)44-21-23-5-3-6-24(17-23)45-27-9-7-22(8-10-30(36)39)18-28(27)43-2/h3,5-7,9,17-18,25-26H,4,8,10-16,19-21H2,1-2H3,(H2,34,40)(H,35,38)/t25-,26+/m0/s1. The number of hydrogen-bond acceptors (Lipinski definition) is 8. The fourth-order valence-corrected chi connectivity index (χ4v) is 5.95. The molecule has 3 heterocycles. The van der Waals surface area contributed by atoms with Gasteiger partial charge in [-0.05, 0) is 67.5 Å². The minimum atomic E-state index is -1.15. The summed E-state index contributed by atoms with van der Waals surface area (Å²) >= 11 is 0. The van der Waals surface area contributed by atoms with Crippen LogP contribution in [-0.2, 0) is 41.7 Å². The molecule has 2 atom stereocenters. The van der Waals surface area contributed by atoms with Crippen molar-refractivity contribution >= 4 is 23.6 Å². The minimum absolute atomic E-state index is 0.150. The van der Waals surface area contributed by atoms with Gasteiger partial charge >= 0.3 is 0 Å². The van der Waals surface area contributed by atoms with E-state index in [0.717, 1.165) is 11.1 Å². The molecule has 12 nitrogen and oxygen atoms in total. The Bertz CT molecular complexity index is 1410. The zero-order chi connectivity index (χ0) is 32.0. The van der Waals surface area contributed by atoms with Gasteiger partial charge in [-0.15, -0.1) is 0 Å². The van der Waals surface area contributed by atoms with Crippen molar-refractivity contribution in [3.8, 4) is 17.2 Å². The number of carbonyl (C=O) groups excluding carboxylic acids is 4. The van der Waals surface area contributed by atoms with Gasteiger partial charge in [0.15, 0.2) is 11.5 Å². The second-order valence-electron chi connectivity index (χ2n) is 11.9. The molecule has 1 aliphatic carbocycles. The quantitative estimate of drug-likeness (QED) is 0.353. The lowest BCUT2D eigenvalue weighted by Gasteiger charge is -2.40. The summed E-state index contributed by atoms with van der Waals surface area (Å²) < 4.78 is 23.3. The topological polar surface area (TPSA) is 150 Å². The number of aryl methyl sites for hydroxylation is 1. The molecule has 3 aliphatic heterocycles. The van der Waals surface area contributed by atoms with Crippen molar-refractivity contribution in [1.82, 2.24) is 15.1 Å². The monoisotopic (exact) mass is 622 g/mol. The summed E-state index contributed by atoms with van der Waals surface area (Å²) in [5.74, 6) is 0.250. The predicted molar refractivity (Wildman–Crippen MR) is 163 cm³/mol. The van der Waals surface area contributed by atoms with E-state index in [1.165, 1.54) is 4.90 Å². The number of nitrogens with two attached hydrogens (primary N) is 1. The molecule has 4 amide bonds. The Morgan fingerprint density at radius 1 is 1.09 bits per heavy atom. The number of fused-ring (bicyclic) bond motifs is 9. The Morgan fingerprint density at radius 3 is 2.64 bits per heavy atom. The molecule has 3 N–H and O–H groups in total. The van der Waals surface area contributed by atoms with E-state index in [9.17, 15) is 19.2 Å². The van der Waals surface area contributed by atoms with E-state index in [2.05, 4.69) is 5.32 Å². The highest BCUT2D eigenvalue weighted by Gasteiger charge is 2.57. The molecule has 1 saturated carbocycles. The number of methoxy groups -OCH3 is 2. The zero-order valence-electron chi connectivity index (χ0n) is 25.9. The van der Waals surface area contributed by atoms with Crippen LogP contribution in [0.15, 0.2) is 42.5 Å². The third kappa shape index (κ3) is 7.74. The van der Waals surface area contributed by atoms with Gasteiger partial charge in [-0.2, -0.15) is 0 Å². The third-order valence-corrected chi connectivity index (χ3v) is 8.72. The van der Waals surface area contributed by atoms with Crippen LogP contribution < -0.4 is 20.5 Å². The molecule has 0 radical (unpaired) electrons. The fourth-order valence-electron chi connectivity index (χ4n) is 5.95. The van der Waals surface area contributed by atoms with Crippen molar-refractivity contribution in [3.63, 3.8) is 0 Å². The fraction of sp³-hybridized carbons (Fsp3) is 0.515. The number of piperidine rings is 1. The van der Waals surface area contributed by atoms with E-state index >= 15 is 0 Å². The van der Waals surface area contributed by atoms with Gasteiger partial charge in [-0.3, -0.25) is 19.2 Å². The number of nitrogens with one attached hydrogen (secondary N) is 1. The summed E-state index contributed by atoms with van der Waals surface area (Å²) in [6.07, 6.45) is 2.10. The maximum absolute atomic E-state index is 13.5. The summed E-state index contributed by atoms with van der Waals surface area (Å²) in [4.78, 5) is 55.4. The summed E-state index contributed by atoms with van der Waals surface area (Å²) in [6.45, 7) is 1.42. The summed E-state index contributed by atoms with van der Waals surface area (Å²) in [5.41, 5.74) is 6.19. The van der Waals surface area contributed by atoms with Crippen LogP contribution in [0.5, 0.6) is 17.2 Å². The third-order valence-electron chi connectivity index (χ3n) is 8.72. The van der Waals surface area contributed by atoms with E-state index in [0.29, 0.717) is 69.0 Å². The van der Waals surface area contributed by atoms with Crippen LogP contribution in [0.2, 0.25) is 0 Å². The number of primary amides is 1. The Hall–Kier alpha value is -4.16. The Morgan fingerprint density at radius 2 is 1.91 bits per heavy atom. The predicted octanol–water partition coefficient (Wildman–Crippen LogP) is 2.17. The number of amides is 4. The number of ether oxygens (including phenoxy) is 4. The molecule has 242 valence electrons. The van der Waals surface area contributed by atoms with E-state index < -0.39 is 23.5 Å². The highest BCUT2D eigenvalue weighted by Crippen LogP contribution is 2.47. The van der Waals surface area contributed by atoms with Crippen molar-refractivity contribution in [1.29, 1.82) is 0 Å². The van der Waals surface area contributed by atoms with Crippen molar-refractivity contribution in [2.75, 3.05) is 47.0 Å². The van der Waals surface area contributed by atoms with Crippen LogP contribution in [0, 0.1) is 5.41 Å². The van der Waals surface area contributed by atoms with E-state index in [-0.39, 0.29) is 43.8 Å². The molecular weight excluding hydrogens is 580 g/mol. The molecule has 45 heavy (non-hydrogen) atoms. The van der Waals surface area contributed by atoms with Gasteiger partial charge < -0.3 is 39.8 Å². The highest BCUT2D eigenvalue weighted by atomic mass is 16.5. The van der Waals surface area contributed by atoms with Gasteiger partial charge in [0.25, 0.3) is 0 Å². The molecule has 6 rings (SSSR count). The number of carbonyl (C=O) groups is 4. The SMILES string of the molecule is COCCCN1CC(=O)N[C@H]2CN(C(=O)C3(C(N)=O)CC3)CC[C@H]2OCc2cccc(c2)Oc2ccc(cc2OC)CCC1=O. The van der Waals surface area contributed by atoms with Crippen molar-refractivity contribution in [2.45, 2.75) is 57.3 Å². The first kappa shape index (κ1) is 32.2. The van der Waals surface area contributed by atoms with Gasteiger partial charge in [0.2, 0.25) is 23.6 Å². The normalized spacial score (nSPS) is 21.8. The first-order chi connectivity index (χ1) is 21.7. The largest absolute Gasteiger partial charge is 0.493 e. The maximum Gasteiger partial charge on any atom is 0.239 e. The second kappa shape index (κ2) is 14.3. The van der Waals surface area contributed by atoms with E-state index in [1.54, 1.807) is 19.1 Å². The van der Waals surface area contributed by atoms with E-state index in [4.69, 9.17) is 24.7 Å². The molecule has 0 aromatic heterocycles. The average molecular weight is 623 g/mol. The van der Waals surface area contributed by atoms with Crippen LogP contribution in [0.1, 0.15) is 43.2 Å². The molecule has 4 bridgehead atoms. The molecule has 0 unspecified atom stereocenters. The van der Waals surface area contributed by atoms with Crippen LogP contribution in [0.4, 0.5) is 0 Å². The van der Waals surface area contributed by atoms with Gasteiger partial charge in [-0.1, -0.05) is 18.2 Å². The first-order valence-electron chi connectivity index (χ1n) is 15.4. The smallest absolute Gasteiger partial charge is 0.239 e. The molecule has 4 aliphatic rings. The van der Waals surface area contributed by atoms with Crippen molar-refractivity contribution in [3.05, 3.63) is 53.6 Å². The molecule has 2 fully saturated rings. The number of likely N-dealkylation sites (tertiary alicyclic amines) is 1. The molecular formula is C33H42N4O8. The second-order valence-corrected chi connectivity index (χ2v) is 11.9. The molecule has 0 spiro atoms. The summed E-state index contributed by atoms with van der Waals surface area (Å²) in [6, 6.07) is 12.5. The molecule has 1 saturated heterocycles. The summed E-state index contributed by atoms with van der Waals surface area (Å²) in [7, 11) is 3.16. The number of rotatable bonds is 7. The van der Waals surface area contributed by atoms with Crippen molar-refractivity contribution in [2.24, 2.45) is 11.1 Å². The van der Waals surface area contributed by atoms with Crippen LogP contribution >= 0.6 is 0 Å². The average Bonchev–Trinajstić information content (AvgIpc) is 3.85. The van der Waals surface area contributed by atoms with Gasteiger partial charge in [0.1, 0.15) is 11.2 Å². The Balaban J connectivity index is 1.41. The number of benzene rings is 2. The number of nitrogens with zero attached hydrogens (tertiary/aromatic N) is 2. The zero-order valence-corrected chi connectivity index (χ0v) is 25.9. The Kier molecular flexibility index (Phi) is 10.2. The lowest BCUT2D eigenvalue weighted by atomic mass is 9.97.